The molecule has 76 valence electrons. The minimum atomic E-state index is 0.0809. The van der Waals surface area contributed by atoms with Gasteiger partial charge in [0.1, 0.15) is 0 Å². The Morgan fingerprint density at radius 1 is 1.21 bits per heavy atom. The van der Waals surface area contributed by atoms with E-state index in [4.69, 9.17) is 0 Å². The molecule has 1 aromatic rings. The summed E-state index contributed by atoms with van der Waals surface area (Å²) < 4.78 is 1.30. The van der Waals surface area contributed by atoms with Crippen molar-refractivity contribution in [1.29, 1.82) is 0 Å². The van der Waals surface area contributed by atoms with Gasteiger partial charge in [-0.2, -0.15) is 0 Å². The first-order chi connectivity index (χ1) is 6.54. The topological polar surface area (TPSA) is 17.1 Å². The second-order valence-corrected chi connectivity index (χ2v) is 6.90. The van der Waals surface area contributed by atoms with Gasteiger partial charge < -0.3 is 0 Å². The van der Waals surface area contributed by atoms with E-state index in [2.05, 4.69) is 32.9 Å². The van der Waals surface area contributed by atoms with Crippen LogP contribution < -0.4 is 4.46 Å². The van der Waals surface area contributed by atoms with Gasteiger partial charge >= 0.3 is 91.8 Å². The Bertz CT molecular complexity index is 287. The summed E-state index contributed by atoms with van der Waals surface area (Å²) in [5, 5.41) is 0. The maximum atomic E-state index is 11.0. The van der Waals surface area contributed by atoms with E-state index in [9.17, 15) is 4.79 Å². The normalized spacial score (nSPS) is 13.6. The summed E-state index contributed by atoms with van der Waals surface area (Å²) in [5.41, 5.74) is 0.0809. The molecular weight excluding hydrogens is 239 g/mol. The Labute approximate surface area is 92.1 Å². The number of hydrogen-bond donors (Lipinski definition) is 0. The summed E-state index contributed by atoms with van der Waals surface area (Å²) in [7, 11) is 0. The third kappa shape index (κ3) is 3.28. The Hall–Kier alpha value is -0.591. The van der Waals surface area contributed by atoms with Crippen molar-refractivity contribution >= 4 is 25.7 Å². The van der Waals surface area contributed by atoms with E-state index >= 15 is 0 Å². The molecule has 1 rings (SSSR count). The minimum absolute atomic E-state index is 0.0809. The first kappa shape index (κ1) is 11.5. The second-order valence-electron chi connectivity index (χ2n) is 4.35. The number of carbonyl (C=O) groups excluding carboxylic acids is 1. The van der Waals surface area contributed by atoms with Crippen LogP contribution in [0, 0.1) is 5.41 Å². The fraction of sp³-hybridized carbons (Fsp3) is 0.417. The van der Waals surface area contributed by atoms with Crippen molar-refractivity contribution < 1.29 is 4.79 Å². The molecule has 0 radical (unpaired) electrons. The second kappa shape index (κ2) is 4.77. The Morgan fingerprint density at radius 2 is 1.79 bits per heavy atom. The van der Waals surface area contributed by atoms with E-state index in [1.54, 1.807) is 0 Å². The van der Waals surface area contributed by atoms with E-state index in [0.29, 0.717) is 0 Å². The third-order valence-electron chi connectivity index (χ3n) is 1.98. The Balaban J connectivity index is 2.72. The van der Waals surface area contributed by atoms with E-state index in [-0.39, 0.29) is 25.2 Å². The van der Waals surface area contributed by atoms with Crippen molar-refractivity contribution in [2.75, 3.05) is 0 Å². The molecule has 0 fully saturated rings. The summed E-state index contributed by atoms with van der Waals surface area (Å²) in [6, 6.07) is 10.3. The maximum absolute atomic E-state index is 11.0. The van der Waals surface area contributed by atoms with Crippen LogP contribution in [0.15, 0.2) is 30.3 Å². The van der Waals surface area contributed by atoms with E-state index < -0.39 is 0 Å². The molecule has 0 saturated heterocycles. The zero-order valence-electron chi connectivity index (χ0n) is 8.86. The van der Waals surface area contributed by atoms with Crippen LogP contribution in [0.3, 0.4) is 0 Å². The van der Waals surface area contributed by atoms with Gasteiger partial charge in [0, 0.05) is 0 Å². The molecule has 2 heteroatoms. The molecule has 0 heterocycles. The molecule has 0 amide bonds. The van der Waals surface area contributed by atoms with Crippen molar-refractivity contribution in [3.63, 3.8) is 0 Å². The Kier molecular flexibility index (Phi) is 3.91. The van der Waals surface area contributed by atoms with E-state index in [1.807, 2.05) is 18.2 Å². The van der Waals surface area contributed by atoms with Gasteiger partial charge in [-0.3, -0.25) is 0 Å². The first-order valence-corrected chi connectivity index (χ1v) is 6.55. The molecule has 0 aliphatic rings. The zero-order valence-corrected chi connectivity index (χ0v) is 10.6. The van der Waals surface area contributed by atoms with Crippen LogP contribution >= 0.6 is 0 Å². The molecule has 1 aromatic carbocycles. The summed E-state index contributed by atoms with van der Waals surface area (Å²) in [5.74, 6) is 0. The number of rotatable bonds is 3. The van der Waals surface area contributed by atoms with Crippen molar-refractivity contribution in [2.45, 2.75) is 25.6 Å². The first-order valence-electron chi connectivity index (χ1n) is 4.71. The summed E-state index contributed by atoms with van der Waals surface area (Å²) >= 11 is 0.251. The van der Waals surface area contributed by atoms with Gasteiger partial charge in [0.15, 0.2) is 0 Å². The molecule has 14 heavy (non-hydrogen) atoms. The van der Waals surface area contributed by atoms with Crippen molar-refractivity contribution in [1.82, 2.24) is 0 Å². The number of aldehydes is 1. The molecule has 0 N–H and O–H groups in total. The van der Waals surface area contributed by atoms with Gasteiger partial charge in [-0.15, -0.1) is 0 Å². The van der Waals surface area contributed by atoms with E-state index in [1.165, 1.54) is 4.46 Å². The molecule has 0 aliphatic carbocycles. The average molecular weight is 255 g/mol. The predicted octanol–water partition coefficient (Wildman–Crippen LogP) is 2.05. The molecule has 1 atom stereocenters. The van der Waals surface area contributed by atoms with Gasteiger partial charge in [0.05, 0.1) is 0 Å². The molecule has 0 saturated carbocycles. The van der Waals surface area contributed by atoms with Crippen molar-refractivity contribution in [2.24, 2.45) is 5.41 Å². The van der Waals surface area contributed by atoms with Crippen LogP contribution in [0.4, 0.5) is 0 Å². The number of carbonyl (C=O) groups is 1. The summed E-state index contributed by atoms with van der Waals surface area (Å²) in [4.78, 5) is 11.1. The fourth-order valence-electron chi connectivity index (χ4n) is 1.05. The fourth-order valence-corrected chi connectivity index (χ4v) is 3.19. The molecule has 0 spiro atoms. The van der Waals surface area contributed by atoms with Crippen LogP contribution in [0.5, 0.6) is 0 Å². The van der Waals surface area contributed by atoms with Crippen molar-refractivity contribution in [3.05, 3.63) is 30.3 Å². The standard InChI is InChI=1S/C12H16OSe/c1-12(2,3)11(9-13)14-10-7-5-4-6-8-10/h4-9,11H,1-3H3. The van der Waals surface area contributed by atoms with Crippen LogP contribution in [0.25, 0.3) is 0 Å². The van der Waals surface area contributed by atoms with Crippen molar-refractivity contribution in [3.8, 4) is 0 Å². The molecule has 1 nitrogen and oxygen atoms in total. The third-order valence-corrected chi connectivity index (χ3v) is 5.37. The molecule has 1 unspecified atom stereocenters. The van der Waals surface area contributed by atoms with Crippen LogP contribution in [-0.4, -0.2) is 21.2 Å². The number of benzene rings is 1. The summed E-state index contributed by atoms with van der Waals surface area (Å²) in [6.07, 6.45) is 1.10. The average Bonchev–Trinajstić information content (AvgIpc) is 2.14. The monoisotopic (exact) mass is 256 g/mol. The van der Waals surface area contributed by atoms with Gasteiger partial charge in [-0.05, 0) is 0 Å². The SMILES string of the molecule is CC(C)(C)C(C=O)[Se]c1ccccc1. The Morgan fingerprint density at radius 3 is 2.21 bits per heavy atom. The molecule has 0 bridgehead atoms. The van der Waals surface area contributed by atoms with Gasteiger partial charge in [0.25, 0.3) is 0 Å². The summed E-state index contributed by atoms with van der Waals surface area (Å²) in [6.45, 7) is 6.37. The predicted molar refractivity (Wildman–Crippen MR) is 61.1 cm³/mol. The van der Waals surface area contributed by atoms with Crippen LogP contribution in [-0.2, 0) is 4.79 Å². The van der Waals surface area contributed by atoms with Gasteiger partial charge in [-0.1, -0.05) is 0 Å². The number of hydrogen-bond acceptors (Lipinski definition) is 1. The van der Waals surface area contributed by atoms with Crippen LogP contribution in [0.1, 0.15) is 20.8 Å². The molecule has 0 aromatic heterocycles. The molecule has 0 aliphatic heterocycles. The van der Waals surface area contributed by atoms with Gasteiger partial charge in [0.2, 0.25) is 0 Å². The van der Waals surface area contributed by atoms with Gasteiger partial charge in [-0.25, -0.2) is 0 Å². The van der Waals surface area contributed by atoms with E-state index in [0.717, 1.165) is 6.29 Å². The zero-order chi connectivity index (χ0) is 10.6. The van der Waals surface area contributed by atoms with Crippen LogP contribution in [0.2, 0.25) is 4.82 Å². The quantitative estimate of drug-likeness (QED) is 0.596. The molecular formula is C12H16OSe.